The number of nitrogens with one attached hydrogen (secondary N) is 1. The Kier molecular flexibility index (Phi) is 4.31. The number of hydrogen-bond acceptors (Lipinski definition) is 4. The molecule has 0 radical (unpaired) electrons. The molecule has 1 saturated carbocycles. The lowest BCUT2D eigenvalue weighted by Gasteiger charge is -2.23. The summed E-state index contributed by atoms with van der Waals surface area (Å²) in [6.45, 7) is 0. The normalized spacial score (nSPS) is 17.3. The van der Waals surface area contributed by atoms with E-state index in [0.29, 0.717) is 11.4 Å². The molecular weight excluding hydrogens is 264 g/mol. The molecule has 1 aliphatic carbocycles. The Morgan fingerprint density at radius 1 is 1.26 bits per heavy atom. The zero-order valence-electron chi connectivity index (χ0n) is 11.1. The van der Waals surface area contributed by atoms with Crippen LogP contribution < -0.4 is 15.2 Å². The Bertz CT molecular complexity index is 537. The molecule has 1 aromatic rings. The molecule has 0 atom stereocenters. The molecule has 0 spiro atoms. The molecule has 1 aromatic carbocycles. The minimum Gasteiger partial charge on any atom is -0.495 e. The van der Waals surface area contributed by atoms with Gasteiger partial charge in [0.15, 0.2) is 0 Å². The first-order chi connectivity index (χ1) is 9.03. The van der Waals surface area contributed by atoms with Gasteiger partial charge in [0, 0.05) is 11.7 Å². The summed E-state index contributed by atoms with van der Waals surface area (Å²) < 4.78 is 32.6. The van der Waals surface area contributed by atoms with Crippen molar-refractivity contribution < 1.29 is 13.2 Å². The summed E-state index contributed by atoms with van der Waals surface area (Å²) in [5.41, 5.74) is 6.07. The van der Waals surface area contributed by atoms with Crippen molar-refractivity contribution in [3.8, 4) is 5.75 Å². The van der Waals surface area contributed by atoms with Crippen molar-refractivity contribution in [1.82, 2.24) is 4.72 Å². The van der Waals surface area contributed by atoms with Crippen LogP contribution in [0.25, 0.3) is 0 Å². The zero-order chi connectivity index (χ0) is 13.9. The van der Waals surface area contributed by atoms with E-state index in [1.807, 2.05) is 0 Å². The zero-order valence-corrected chi connectivity index (χ0v) is 11.9. The average Bonchev–Trinajstić information content (AvgIpc) is 2.39. The number of nitrogen functional groups attached to an aromatic ring is 1. The van der Waals surface area contributed by atoms with Gasteiger partial charge in [0.2, 0.25) is 10.0 Å². The fourth-order valence-corrected chi connectivity index (χ4v) is 3.92. The minimum absolute atomic E-state index is 0.0184. The lowest BCUT2D eigenvalue weighted by atomic mass is 9.96. The van der Waals surface area contributed by atoms with Crippen LogP contribution in [0.4, 0.5) is 5.69 Å². The molecule has 1 fully saturated rings. The van der Waals surface area contributed by atoms with Crippen molar-refractivity contribution in [1.29, 1.82) is 0 Å². The molecule has 5 nitrogen and oxygen atoms in total. The van der Waals surface area contributed by atoms with E-state index in [0.717, 1.165) is 25.7 Å². The van der Waals surface area contributed by atoms with E-state index >= 15 is 0 Å². The van der Waals surface area contributed by atoms with Crippen LogP contribution in [0, 0.1) is 0 Å². The van der Waals surface area contributed by atoms with Gasteiger partial charge in [0.05, 0.1) is 7.11 Å². The van der Waals surface area contributed by atoms with Crippen LogP contribution in [0.15, 0.2) is 23.1 Å². The fourth-order valence-electron chi connectivity index (χ4n) is 2.41. The molecule has 0 bridgehead atoms. The van der Waals surface area contributed by atoms with Crippen molar-refractivity contribution in [2.24, 2.45) is 0 Å². The SMILES string of the molecule is COc1ccc(N)cc1S(=O)(=O)NC1CCCCC1. The number of methoxy groups -OCH3 is 1. The summed E-state index contributed by atoms with van der Waals surface area (Å²) in [7, 11) is -2.13. The number of benzene rings is 1. The van der Waals surface area contributed by atoms with Gasteiger partial charge in [-0.1, -0.05) is 19.3 Å². The van der Waals surface area contributed by atoms with Crippen molar-refractivity contribution in [2.45, 2.75) is 43.0 Å². The number of anilines is 1. The lowest BCUT2D eigenvalue weighted by Crippen LogP contribution is -2.36. The summed E-state index contributed by atoms with van der Waals surface area (Å²) in [6.07, 6.45) is 5.11. The molecular formula is C13H20N2O3S. The van der Waals surface area contributed by atoms with Crippen LogP contribution >= 0.6 is 0 Å². The molecule has 0 unspecified atom stereocenters. The van der Waals surface area contributed by atoms with Gasteiger partial charge < -0.3 is 10.5 Å². The summed E-state index contributed by atoms with van der Waals surface area (Å²) in [6, 6.07) is 4.65. The maximum absolute atomic E-state index is 12.4. The Balaban J connectivity index is 2.25. The smallest absolute Gasteiger partial charge is 0.244 e. The van der Waals surface area contributed by atoms with Crippen molar-refractivity contribution >= 4 is 15.7 Å². The maximum atomic E-state index is 12.4. The number of hydrogen-bond donors (Lipinski definition) is 2. The molecule has 3 N–H and O–H groups in total. The largest absolute Gasteiger partial charge is 0.495 e. The molecule has 2 rings (SSSR count). The van der Waals surface area contributed by atoms with Crippen molar-refractivity contribution in [2.75, 3.05) is 12.8 Å². The van der Waals surface area contributed by atoms with Crippen LogP contribution in [-0.4, -0.2) is 21.6 Å². The molecule has 19 heavy (non-hydrogen) atoms. The lowest BCUT2D eigenvalue weighted by molar-refractivity contribution is 0.397. The Morgan fingerprint density at radius 3 is 2.58 bits per heavy atom. The average molecular weight is 284 g/mol. The predicted octanol–water partition coefficient (Wildman–Crippen LogP) is 1.89. The van der Waals surface area contributed by atoms with E-state index in [1.165, 1.54) is 19.6 Å². The van der Waals surface area contributed by atoms with Crippen LogP contribution in [-0.2, 0) is 10.0 Å². The van der Waals surface area contributed by atoms with Gasteiger partial charge in [0.25, 0.3) is 0 Å². The summed E-state index contributed by atoms with van der Waals surface area (Å²) in [5, 5.41) is 0. The highest BCUT2D eigenvalue weighted by molar-refractivity contribution is 7.89. The van der Waals surface area contributed by atoms with E-state index in [2.05, 4.69) is 4.72 Å². The van der Waals surface area contributed by atoms with Crippen LogP contribution in [0.3, 0.4) is 0 Å². The van der Waals surface area contributed by atoms with Crippen LogP contribution in [0.1, 0.15) is 32.1 Å². The third-order valence-corrected chi connectivity index (χ3v) is 4.95. The molecule has 106 valence electrons. The van der Waals surface area contributed by atoms with Gasteiger partial charge in [-0.05, 0) is 31.0 Å². The second-order valence-electron chi connectivity index (χ2n) is 4.87. The first-order valence-electron chi connectivity index (χ1n) is 6.49. The second-order valence-corrected chi connectivity index (χ2v) is 6.55. The van der Waals surface area contributed by atoms with E-state index in [9.17, 15) is 8.42 Å². The summed E-state index contributed by atoms with van der Waals surface area (Å²) in [4.78, 5) is 0.112. The van der Waals surface area contributed by atoms with Gasteiger partial charge in [0.1, 0.15) is 10.6 Å². The Hall–Kier alpha value is -1.27. The van der Waals surface area contributed by atoms with Gasteiger partial charge in [-0.25, -0.2) is 13.1 Å². The third-order valence-electron chi connectivity index (χ3n) is 3.40. The predicted molar refractivity (Wildman–Crippen MR) is 74.6 cm³/mol. The molecule has 0 saturated heterocycles. The van der Waals surface area contributed by atoms with Crippen molar-refractivity contribution in [3.63, 3.8) is 0 Å². The van der Waals surface area contributed by atoms with E-state index in [1.54, 1.807) is 12.1 Å². The maximum Gasteiger partial charge on any atom is 0.244 e. The number of nitrogens with two attached hydrogens (primary N) is 1. The second kappa shape index (κ2) is 5.79. The molecule has 0 aromatic heterocycles. The number of sulfonamides is 1. The highest BCUT2D eigenvalue weighted by atomic mass is 32.2. The van der Waals surface area contributed by atoms with Crippen LogP contribution in [0.5, 0.6) is 5.75 Å². The monoisotopic (exact) mass is 284 g/mol. The van der Waals surface area contributed by atoms with Gasteiger partial charge in [-0.15, -0.1) is 0 Å². The van der Waals surface area contributed by atoms with E-state index in [4.69, 9.17) is 10.5 Å². The molecule has 6 heteroatoms. The number of rotatable bonds is 4. The standard InChI is InChI=1S/C13H20N2O3S/c1-18-12-8-7-10(14)9-13(12)19(16,17)15-11-5-3-2-4-6-11/h7-9,11,15H,2-6,14H2,1H3. The third kappa shape index (κ3) is 3.39. The van der Waals surface area contributed by atoms with Crippen molar-refractivity contribution in [3.05, 3.63) is 18.2 Å². The first kappa shape index (κ1) is 14.1. The molecule has 0 amide bonds. The molecule has 1 aliphatic rings. The van der Waals surface area contributed by atoms with Gasteiger partial charge in [-0.3, -0.25) is 0 Å². The summed E-state index contributed by atoms with van der Waals surface area (Å²) >= 11 is 0. The Labute approximate surface area is 114 Å². The van der Waals surface area contributed by atoms with E-state index in [-0.39, 0.29) is 10.9 Å². The highest BCUT2D eigenvalue weighted by Crippen LogP contribution is 2.27. The number of ether oxygens (including phenoxy) is 1. The van der Waals surface area contributed by atoms with Gasteiger partial charge in [-0.2, -0.15) is 0 Å². The van der Waals surface area contributed by atoms with E-state index < -0.39 is 10.0 Å². The highest BCUT2D eigenvalue weighted by Gasteiger charge is 2.24. The minimum atomic E-state index is -3.58. The topological polar surface area (TPSA) is 81.4 Å². The van der Waals surface area contributed by atoms with Crippen LogP contribution in [0.2, 0.25) is 0 Å². The first-order valence-corrected chi connectivity index (χ1v) is 7.97. The fraction of sp³-hybridized carbons (Fsp3) is 0.538. The Morgan fingerprint density at radius 2 is 1.95 bits per heavy atom. The van der Waals surface area contributed by atoms with Gasteiger partial charge >= 0.3 is 0 Å². The molecule has 0 aliphatic heterocycles. The summed E-state index contributed by atoms with van der Waals surface area (Å²) in [5.74, 6) is 0.317. The molecule has 0 heterocycles. The quantitative estimate of drug-likeness (QED) is 0.827.